The highest BCUT2D eigenvalue weighted by atomic mass is 16.5. The van der Waals surface area contributed by atoms with Gasteiger partial charge in [0.1, 0.15) is 11.6 Å². The van der Waals surface area contributed by atoms with E-state index in [4.69, 9.17) is 9.47 Å². The molecule has 25 heavy (non-hydrogen) atoms. The topological polar surface area (TPSA) is 73.3 Å². The molecule has 3 rings (SSSR count). The molecule has 0 atom stereocenters. The number of ether oxygens (including phenoxy) is 2. The molecule has 6 nitrogen and oxygen atoms in total. The van der Waals surface area contributed by atoms with Crippen LogP contribution in [0.3, 0.4) is 0 Å². The summed E-state index contributed by atoms with van der Waals surface area (Å²) in [6.45, 7) is 4.58. The fourth-order valence-electron chi connectivity index (χ4n) is 2.40. The molecular formula is C19H19N3O3. The van der Waals surface area contributed by atoms with Gasteiger partial charge in [-0.05, 0) is 50.2 Å². The van der Waals surface area contributed by atoms with Gasteiger partial charge in [0, 0.05) is 11.1 Å². The molecule has 0 aliphatic carbocycles. The highest BCUT2D eigenvalue weighted by molar-refractivity contribution is 5.95. The van der Waals surface area contributed by atoms with E-state index in [2.05, 4.69) is 15.3 Å². The minimum absolute atomic E-state index is 0.0361. The summed E-state index contributed by atoms with van der Waals surface area (Å²) in [5, 5.41) is 4.06. The van der Waals surface area contributed by atoms with Gasteiger partial charge in [0.05, 0.1) is 18.7 Å². The summed E-state index contributed by atoms with van der Waals surface area (Å²) in [6.07, 6.45) is 0. The number of hydrogen-bond donors (Lipinski definition) is 1. The van der Waals surface area contributed by atoms with E-state index >= 15 is 0 Å². The minimum Gasteiger partial charge on any atom is -0.494 e. The maximum absolute atomic E-state index is 12.0. The molecule has 2 aromatic carbocycles. The van der Waals surface area contributed by atoms with Crippen LogP contribution in [-0.2, 0) is 4.74 Å². The van der Waals surface area contributed by atoms with Crippen molar-refractivity contribution in [2.45, 2.75) is 13.8 Å². The molecular weight excluding hydrogens is 318 g/mol. The van der Waals surface area contributed by atoms with Crippen LogP contribution < -0.4 is 10.1 Å². The zero-order chi connectivity index (χ0) is 17.6. The second-order valence-electron chi connectivity index (χ2n) is 5.22. The summed E-state index contributed by atoms with van der Waals surface area (Å²) < 4.78 is 10.5. The van der Waals surface area contributed by atoms with E-state index in [1.165, 1.54) is 0 Å². The normalized spacial score (nSPS) is 10.5. The number of carbonyl (C=O) groups is 1. The first-order chi connectivity index (χ1) is 12.2. The third kappa shape index (κ3) is 3.85. The quantitative estimate of drug-likeness (QED) is 0.687. The Hall–Kier alpha value is -3.15. The van der Waals surface area contributed by atoms with Crippen molar-refractivity contribution in [3.05, 3.63) is 54.4 Å². The van der Waals surface area contributed by atoms with E-state index in [-0.39, 0.29) is 12.4 Å². The van der Waals surface area contributed by atoms with Crippen LogP contribution in [-0.4, -0.2) is 29.2 Å². The zero-order valence-electron chi connectivity index (χ0n) is 14.2. The molecule has 0 radical (unpaired) electrons. The summed E-state index contributed by atoms with van der Waals surface area (Å²) in [5.41, 5.74) is 1.51. The lowest BCUT2D eigenvalue weighted by atomic mass is 10.2. The molecule has 0 aliphatic heterocycles. The molecule has 1 heterocycles. The molecule has 0 bridgehead atoms. The fraction of sp³-hybridized carbons (Fsp3) is 0.211. The standard InChI is InChI=1S/C19H19N3O3/c1-3-24-14-11-9-13(10-12-14)20-17-15-7-5-6-8-16(15)21-18(22-17)19(23)25-4-2/h5-12H,3-4H2,1-2H3,(H,20,21,22). The third-order valence-electron chi connectivity index (χ3n) is 3.49. The Morgan fingerprint density at radius 2 is 1.76 bits per heavy atom. The average molecular weight is 337 g/mol. The second kappa shape index (κ2) is 7.61. The number of fused-ring (bicyclic) bond motifs is 1. The second-order valence-corrected chi connectivity index (χ2v) is 5.22. The minimum atomic E-state index is -0.539. The van der Waals surface area contributed by atoms with Crippen molar-refractivity contribution in [2.24, 2.45) is 0 Å². The summed E-state index contributed by atoms with van der Waals surface area (Å²) >= 11 is 0. The molecule has 6 heteroatoms. The number of benzene rings is 2. The number of rotatable bonds is 6. The van der Waals surface area contributed by atoms with Gasteiger partial charge in [-0.2, -0.15) is 0 Å². The number of carbonyl (C=O) groups excluding carboxylic acids is 1. The Morgan fingerprint density at radius 3 is 2.48 bits per heavy atom. The molecule has 128 valence electrons. The average Bonchev–Trinajstić information content (AvgIpc) is 2.63. The number of para-hydroxylation sites is 1. The van der Waals surface area contributed by atoms with Crippen molar-refractivity contribution in [1.29, 1.82) is 0 Å². The number of aromatic nitrogens is 2. The van der Waals surface area contributed by atoms with E-state index in [0.29, 0.717) is 17.9 Å². The van der Waals surface area contributed by atoms with Crippen LogP contribution in [0, 0.1) is 0 Å². The lowest BCUT2D eigenvalue weighted by Gasteiger charge is -2.11. The van der Waals surface area contributed by atoms with Gasteiger partial charge in [-0.15, -0.1) is 0 Å². The Labute approximate surface area is 145 Å². The maximum atomic E-state index is 12.0. The van der Waals surface area contributed by atoms with Crippen LogP contribution in [0.15, 0.2) is 48.5 Å². The largest absolute Gasteiger partial charge is 0.494 e. The lowest BCUT2D eigenvalue weighted by Crippen LogP contribution is -2.11. The smallest absolute Gasteiger partial charge is 0.376 e. The van der Waals surface area contributed by atoms with E-state index in [1.807, 2.05) is 55.5 Å². The SMILES string of the molecule is CCOC(=O)c1nc(Nc2ccc(OCC)cc2)c2ccccc2n1. The number of hydrogen-bond acceptors (Lipinski definition) is 6. The Kier molecular flexibility index (Phi) is 5.09. The number of anilines is 2. The van der Waals surface area contributed by atoms with Crippen molar-refractivity contribution in [3.8, 4) is 5.75 Å². The number of nitrogens with zero attached hydrogens (tertiary/aromatic N) is 2. The number of esters is 1. The van der Waals surface area contributed by atoms with Gasteiger partial charge in [-0.25, -0.2) is 14.8 Å². The van der Waals surface area contributed by atoms with Crippen molar-refractivity contribution in [3.63, 3.8) is 0 Å². The lowest BCUT2D eigenvalue weighted by molar-refractivity contribution is 0.0512. The first-order valence-corrected chi connectivity index (χ1v) is 8.15. The molecule has 0 saturated heterocycles. The molecule has 0 aliphatic rings. The summed E-state index contributed by atoms with van der Waals surface area (Å²) in [7, 11) is 0. The van der Waals surface area contributed by atoms with Gasteiger partial charge in [0.2, 0.25) is 5.82 Å². The van der Waals surface area contributed by atoms with Crippen molar-refractivity contribution >= 4 is 28.4 Å². The zero-order valence-corrected chi connectivity index (χ0v) is 14.2. The molecule has 0 fully saturated rings. The first kappa shape index (κ1) is 16.7. The Balaban J connectivity index is 1.97. The molecule has 0 saturated carbocycles. The Bertz CT molecular complexity index is 879. The molecule has 1 N–H and O–H groups in total. The van der Waals surface area contributed by atoms with Gasteiger partial charge in [0.25, 0.3) is 0 Å². The summed E-state index contributed by atoms with van der Waals surface area (Å²) in [5.74, 6) is 0.850. The van der Waals surface area contributed by atoms with Gasteiger partial charge in [0.15, 0.2) is 0 Å². The van der Waals surface area contributed by atoms with Gasteiger partial charge in [-0.3, -0.25) is 0 Å². The molecule has 3 aromatic rings. The van der Waals surface area contributed by atoms with Crippen LogP contribution in [0.1, 0.15) is 24.5 Å². The van der Waals surface area contributed by atoms with E-state index in [1.54, 1.807) is 6.92 Å². The highest BCUT2D eigenvalue weighted by Gasteiger charge is 2.15. The van der Waals surface area contributed by atoms with E-state index < -0.39 is 5.97 Å². The maximum Gasteiger partial charge on any atom is 0.376 e. The first-order valence-electron chi connectivity index (χ1n) is 8.15. The van der Waals surface area contributed by atoms with Crippen LogP contribution in [0.4, 0.5) is 11.5 Å². The van der Waals surface area contributed by atoms with Crippen LogP contribution in [0.25, 0.3) is 10.9 Å². The predicted molar refractivity (Wildman–Crippen MR) is 96.4 cm³/mol. The molecule has 0 spiro atoms. The van der Waals surface area contributed by atoms with Crippen LogP contribution >= 0.6 is 0 Å². The van der Waals surface area contributed by atoms with Crippen molar-refractivity contribution < 1.29 is 14.3 Å². The molecule has 0 amide bonds. The van der Waals surface area contributed by atoms with Crippen molar-refractivity contribution in [2.75, 3.05) is 18.5 Å². The van der Waals surface area contributed by atoms with Gasteiger partial charge >= 0.3 is 5.97 Å². The van der Waals surface area contributed by atoms with Gasteiger partial charge in [-0.1, -0.05) is 12.1 Å². The highest BCUT2D eigenvalue weighted by Crippen LogP contribution is 2.25. The molecule has 0 unspecified atom stereocenters. The summed E-state index contributed by atoms with van der Waals surface area (Å²) in [4.78, 5) is 20.7. The Morgan fingerprint density at radius 1 is 1.00 bits per heavy atom. The summed E-state index contributed by atoms with van der Waals surface area (Å²) in [6, 6.07) is 15.1. The van der Waals surface area contributed by atoms with Crippen LogP contribution in [0.2, 0.25) is 0 Å². The predicted octanol–water partition coefficient (Wildman–Crippen LogP) is 3.95. The van der Waals surface area contributed by atoms with Crippen LogP contribution in [0.5, 0.6) is 5.75 Å². The van der Waals surface area contributed by atoms with Crippen molar-refractivity contribution in [1.82, 2.24) is 9.97 Å². The molecule has 1 aromatic heterocycles. The fourth-order valence-corrected chi connectivity index (χ4v) is 2.40. The number of nitrogens with one attached hydrogen (secondary N) is 1. The third-order valence-corrected chi connectivity index (χ3v) is 3.49. The van der Waals surface area contributed by atoms with E-state index in [0.717, 1.165) is 16.8 Å². The van der Waals surface area contributed by atoms with Gasteiger partial charge < -0.3 is 14.8 Å². The monoisotopic (exact) mass is 337 g/mol. The van der Waals surface area contributed by atoms with E-state index in [9.17, 15) is 4.79 Å².